The van der Waals surface area contributed by atoms with E-state index in [0.717, 1.165) is 168 Å². The van der Waals surface area contributed by atoms with E-state index in [9.17, 15) is 19.2 Å². The molecule has 66 heavy (non-hydrogen) atoms. The molecule has 2 N–H and O–H groups in total. The largest absolute Gasteiger partial charge is 0.354 e. The minimum atomic E-state index is -0.0553. The third kappa shape index (κ3) is 8.49. The number of hydrogen-bond donors (Lipinski definition) is 2. The Morgan fingerprint density at radius 3 is 0.697 bits per heavy atom. The minimum absolute atomic E-state index is 0.0553. The van der Waals surface area contributed by atoms with E-state index < -0.39 is 0 Å². The van der Waals surface area contributed by atoms with Crippen LogP contribution < -0.4 is 0 Å². The van der Waals surface area contributed by atoms with Crippen LogP contribution in [0.5, 0.6) is 0 Å². The summed E-state index contributed by atoms with van der Waals surface area (Å²) in [6.07, 6.45) is 8.20. The highest BCUT2D eigenvalue weighted by Crippen LogP contribution is 2.41. The van der Waals surface area contributed by atoms with Crippen molar-refractivity contribution in [3.8, 4) is 45.0 Å². The van der Waals surface area contributed by atoms with Crippen LogP contribution in [0, 0.1) is 55.4 Å². The van der Waals surface area contributed by atoms with Gasteiger partial charge in [-0.25, -0.2) is 0 Å². The highest BCUT2D eigenvalue weighted by Gasteiger charge is 2.32. The number of rotatable bonds is 12. The van der Waals surface area contributed by atoms with Crippen LogP contribution in [0.25, 0.3) is 45.0 Å². The van der Waals surface area contributed by atoms with Gasteiger partial charge < -0.3 is 28.2 Å². The van der Waals surface area contributed by atoms with Gasteiger partial charge in [-0.3, -0.25) is 19.2 Å². The molecule has 6 aromatic rings. The molecule has 0 saturated carbocycles. The van der Waals surface area contributed by atoms with Crippen LogP contribution in [-0.4, -0.2) is 51.4 Å². The van der Waals surface area contributed by atoms with Gasteiger partial charge in [0.1, 0.15) is 0 Å². The number of aromatic amines is 2. The van der Waals surface area contributed by atoms with Crippen molar-refractivity contribution < 1.29 is 19.2 Å². The molecule has 10 nitrogen and oxygen atoms in total. The van der Waals surface area contributed by atoms with Crippen molar-refractivity contribution in [1.82, 2.24) is 28.2 Å². The van der Waals surface area contributed by atoms with E-state index in [1.807, 2.05) is 52.0 Å². The smallest absolute Gasteiger partial charge is 0.165 e. The summed E-state index contributed by atoms with van der Waals surface area (Å²) in [5.74, 6) is -0.221. The number of nitrogens with zero attached hydrogens (tertiary/aromatic N) is 4. The molecular formula is C56H74N6O4. The molecule has 0 radical (unpaired) electrons. The Bertz CT molecular complexity index is 2440. The number of hydrogen-bond acceptors (Lipinski definition) is 4. The van der Waals surface area contributed by atoms with Crippen LogP contribution in [0.2, 0.25) is 0 Å². The summed E-state index contributed by atoms with van der Waals surface area (Å²) in [5.41, 5.74) is 16.8. The number of fused-ring (bicyclic) bond motifs is 12. The molecule has 7 heterocycles. The number of carbonyl (C=O) groups excluding carboxylic acids is 4. The molecule has 0 amide bonds. The van der Waals surface area contributed by atoms with E-state index in [1.165, 1.54) is 0 Å². The Labute approximate surface area is 392 Å². The lowest BCUT2D eigenvalue weighted by molar-refractivity contribution is 0.0917. The van der Waals surface area contributed by atoms with Gasteiger partial charge in [0.05, 0.1) is 0 Å². The van der Waals surface area contributed by atoms with Gasteiger partial charge in [0, 0.05) is 165 Å². The standard InChI is InChI=1S/C56H74N6O4/c1-13-17-29-59-33(5)49-41-21-22-42(57-41)50-34(6)60(30-18-14-2)39(11)55(50)47(65)27-28-48(66)56-40(12)62(32-20-16-4)36(8)52(56)44-24-23-43(58-44)51-35(7)61(31-19-15-3)38(10)54(51)46(64)26-25-45(63)53(49)37(59)9/h21-24,57-58H,13-20,25-32H2,1-12H3. The average molecular weight is 895 g/mol. The highest BCUT2D eigenvalue weighted by molar-refractivity contribution is 6.11. The number of unbranched alkanes of at least 4 members (excludes halogenated alkanes) is 4. The molecule has 10 heteroatoms. The summed E-state index contributed by atoms with van der Waals surface area (Å²) in [6, 6.07) is 8.14. The highest BCUT2D eigenvalue weighted by atomic mass is 16.1. The summed E-state index contributed by atoms with van der Waals surface area (Å²) in [6.45, 7) is 28.3. The van der Waals surface area contributed by atoms with Crippen molar-refractivity contribution in [2.24, 2.45) is 0 Å². The maximum Gasteiger partial charge on any atom is 0.165 e. The molecule has 0 atom stereocenters. The zero-order valence-corrected chi connectivity index (χ0v) is 42.0. The third-order valence-corrected chi connectivity index (χ3v) is 14.8. The minimum Gasteiger partial charge on any atom is -0.354 e. The summed E-state index contributed by atoms with van der Waals surface area (Å²) in [7, 11) is 0. The Morgan fingerprint density at radius 1 is 0.333 bits per heavy atom. The summed E-state index contributed by atoms with van der Waals surface area (Å²) >= 11 is 0. The van der Waals surface area contributed by atoms with Gasteiger partial charge >= 0.3 is 0 Å². The van der Waals surface area contributed by atoms with E-state index in [-0.39, 0.29) is 48.8 Å². The molecule has 1 aliphatic heterocycles. The van der Waals surface area contributed by atoms with Crippen LogP contribution in [0.3, 0.4) is 0 Å². The SMILES string of the molecule is CCCCn1c(C)c2c(c1C)-c1ccc([nH]1)-c1c(c(C)n(CCCC)c1C)C(=O)CCC(=O)c1c(c(C)n(CCCC)c1C)-c1ccc([nH]1)-c1c(c(C)n(CCCC)c1C)C(=O)CCC2=O. The van der Waals surface area contributed by atoms with Crippen LogP contribution in [0.1, 0.15) is 192 Å². The summed E-state index contributed by atoms with van der Waals surface area (Å²) in [4.78, 5) is 66.8. The van der Waals surface area contributed by atoms with Gasteiger partial charge in [-0.05, 0) is 105 Å². The molecule has 0 aliphatic carbocycles. The summed E-state index contributed by atoms with van der Waals surface area (Å²) in [5, 5.41) is 0. The zero-order chi connectivity index (χ0) is 47.7. The number of H-pyrrole nitrogens is 2. The average Bonchev–Trinajstić information content (AvgIpc) is 4.14. The summed E-state index contributed by atoms with van der Waals surface area (Å²) < 4.78 is 9.03. The molecule has 4 bridgehead atoms. The lowest BCUT2D eigenvalue weighted by Crippen LogP contribution is -2.10. The van der Waals surface area contributed by atoms with E-state index >= 15 is 0 Å². The van der Waals surface area contributed by atoms with Crippen LogP contribution in [0.4, 0.5) is 0 Å². The van der Waals surface area contributed by atoms with Gasteiger partial charge in [-0.2, -0.15) is 0 Å². The molecule has 1 aliphatic rings. The van der Waals surface area contributed by atoms with E-state index in [1.54, 1.807) is 0 Å². The van der Waals surface area contributed by atoms with Crippen molar-refractivity contribution in [3.63, 3.8) is 0 Å². The zero-order valence-electron chi connectivity index (χ0n) is 42.0. The Hall–Kier alpha value is -5.64. The van der Waals surface area contributed by atoms with Crippen molar-refractivity contribution >= 4 is 23.1 Å². The maximum absolute atomic E-state index is 14.8. The molecule has 7 rings (SSSR count). The normalized spacial score (nSPS) is 13.8. The predicted molar refractivity (Wildman–Crippen MR) is 269 cm³/mol. The first kappa shape index (κ1) is 48.3. The van der Waals surface area contributed by atoms with Gasteiger partial charge in [-0.15, -0.1) is 0 Å². The van der Waals surface area contributed by atoms with Crippen molar-refractivity contribution in [3.05, 3.63) is 92.1 Å². The number of Topliss-reactive ketones (excluding diaryl/α,β-unsaturated/α-hetero) is 4. The van der Waals surface area contributed by atoms with Crippen molar-refractivity contribution in [2.75, 3.05) is 0 Å². The van der Waals surface area contributed by atoms with E-state index in [4.69, 9.17) is 0 Å². The topological polar surface area (TPSA) is 120 Å². The van der Waals surface area contributed by atoms with Gasteiger partial charge in [0.15, 0.2) is 23.1 Å². The Balaban J connectivity index is 1.46. The van der Waals surface area contributed by atoms with Crippen LogP contribution >= 0.6 is 0 Å². The van der Waals surface area contributed by atoms with Gasteiger partial charge in [0.25, 0.3) is 0 Å². The molecule has 352 valence electrons. The molecule has 0 aromatic carbocycles. The second kappa shape index (κ2) is 20.1. The molecule has 0 fully saturated rings. The monoisotopic (exact) mass is 895 g/mol. The van der Waals surface area contributed by atoms with Crippen LogP contribution in [0.15, 0.2) is 24.3 Å². The third-order valence-electron chi connectivity index (χ3n) is 14.8. The first-order valence-corrected chi connectivity index (χ1v) is 24.9. The maximum atomic E-state index is 14.8. The molecule has 0 spiro atoms. The molecular weight excluding hydrogens is 821 g/mol. The van der Waals surface area contributed by atoms with Crippen molar-refractivity contribution in [1.29, 1.82) is 0 Å². The van der Waals surface area contributed by atoms with Gasteiger partial charge in [-0.1, -0.05) is 53.4 Å². The second-order valence-corrected chi connectivity index (χ2v) is 19.0. The first-order valence-electron chi connectivity index (χ1n) is 24.9. The predicted octanol–water partition coefficient (Wildman–Crippen LogP) is 13.9. The van der Waals surface area contributed by atoms with E-state index in [0.29, 0.717) is 22.3 Å². The number of nitrogens with one attached hydrogen (secondary N) is 2. The fourth-order valence-corrected chi connectivity index (χ4v) is 11.2. The fourth-order valence-electron chi connectivity index (χ4n) is 11.2. The lowest BCUT2D eigenvalue weighted by atomic mass is 9.95. The first-order chi connectivity index (χ1) is 31.6. The number of carbonyl (C=O) groups is 4. The molecule has 0 unspecified atom stereocenters. The van der Waals surface area contributed by atoms with E-state index in [2.05, 4.69) is 83.6 Å². The lowest BCUT2D eigenvalue weighted by Gasteiger charge is -2.09. The second-order valence-electron chi connectivity index (χ2n) is 19.0. The fraction of sp³-hybridized carbons (Fsp3) is 0.500. The molecule has 6 aromatic heterocycles. The van der Waals surface area contributed by atoms with Crippen LogP contribution in [-0.2, 0) is 26.2 Å². The Morgan fingerprint density at radius 2 is 0.515 bits per heavy atom. The van der Waals surface area contributed by atoms with Gasteiger partial charge in [0.2, 0.25) is 0 Å². The molecule has 0 saturated heterocycles. The Kier molecular flexibility index (Phi) is 14.7. The number of aromatic nitrogens is 6. The number of ketones is 4. The quantitative estimate of drug-likeness (QED) is 0.127. The van der Waals surface area contributed by atoms with Crippen molar-refractivity contribution in [2.45, 2.75) is 186 Å².